The minimum atomic E-state index is -0.0322. The fourth-order valence-electron chi connectivity index (χ4n) is 3.35. The average Bonchev–Trinajstić information content (AvgIpc) is 3.08. The van der Waals surface area contributed by atoms with Gasteiger partial charge in [0.2, 0.25) is 0 Å². The van der Waals surface area contributed by atoms with Gasteiger partial charge >= 0.3 is 6.03 Å². The van der Waals surface area contributed by atoms with Crippen molar-refractivity contribution in [3.63, 3.8) is 0 Å². The molecule has 1 aliphatic rings. The third kappa shape index (κ3) is 5.03. The third-order valence-corrected chi connectivity index (χ3v) is 4.70. The van der Waals surface area contributed by atoms with Gasteiger partial charge in [0.05, 0.1) is 0 Å². The maximum atomic E-state index is 12.5. The Bertz CT molecular complexity index is 662. The number of benzene rings is 1. The third-order valence-electron chi connectivity index (χ3n) is 4.70. The Morgan fingerprint density at radius 3 is 2.72 bits per heavy atom. The zero-order valence-corrected chi connectivity index (χ0v) is 14.8. The van der Waals surface area contributed by atoms with Crippen LogP contribution in [0.2, 0.25) is 0 Å². The maximum Gasteiger partial charge on any atom is 0.321 e. The first kappa shape index (κ1) is 17.4. The summed E-state index contributed by atoms with van der Waals surface area (Å²) >= 11 is 0. The van der Waals surface area contributed by atoms with Crippen LogP contribution in [0.5, 0.6) is 0 Å². The van der Waals surface area contributed by atoms with Crippen molar-refractivity contribution in [3.05, 3.63) is 60.4 Å². The number of rotatable bonds is 6. The number of pyridine rings is 1. The fraction of sp³-hybridized carbons (Fsp3) is 0.400. The molecule has 0 aliphatic carbocycles. The highest BCUT2D eigenvalue weighted by Crippen LogP contribution is 2.20. The van der Waals surface area contributed by atoms with E-state index in [4.69, 9.17) is 0 Å². The summed E-state index contributed by atoms with van der Waals surface area (Å²) < 4.78 is 0. The predicted octanol–water partition coefficient (Wildman–Crippen LogP) is 3.46. The summed E-state index contributed by atoms with van der Waals surface area (Å²) in [5.41, 5.74) is 2.14. The van der Waals surface area contributed by atoms with Gasteiger partial charge in [0.25, 0.3) is 0 Å². The summed E-state index contributed by atoms with van der Waals surface area (Å²) in [5.74, 6) is 0.534. The molecule has 0 bridgehead atoms. The lowest BCUT2D eigenvalue weighted by Crippen LogP contribution is -2.39. The molecule has 1 aliphatic heterocycles. The number of likely N-dealkylation sites (tertiary alicyclic amines) is 1. The molecule has 0 unspecified atom stereocenters. The molecule has 5 nitrogen and oxygen atoms in total. The van der Waals surface area contributed by atoms with E-state index in [0.29, 0.717) is 12.5 Å². The molecule has 1 N–H and O–H groups in total. The molecule has 0 saturated carbocycles. The van der Waals surface area contributed by atoms with E-state index in [2.05, 4.69) is 45.5 Å². The van der Waals surface area contributed by atoms with Crippen molar-refractivity contribution in [2.24, 2.45) is 5.92 Å². The monoisotopic (exact) mass is 338 g/mol. The number of urea groups is 1. The number of carbonyl (C=O) groups is 1. The Balaban J connectivity index is 1.49. The normalized spacial score (nSPS) is 17.4. The van der Waals surface area contributed by atoms with E-state index in [1.807, 2.05) is 24.0 Å². The van der Waals surface area contributed by atoms with Gasteiger partial charge in [0, 0.05) is 44.3 Å². The van der Waals surface area contributed by atoms with Gasteiger partial charge in [-0.15, -0.1) is 0 Å². The molecule has 1 aromatic carbocycles. The Kier molecular flexibility index (Phi) is 6.01. The van der Waals surface area contributed by atoms with Crippen molar-refractivity contribution in [1.29, 1.82) is 0 Å². The van der Waals surface area contributed by atoms with E-state index in [1.165, 1.54) is 5.56 Å². The Morgan fingerprint density at radius 1 is 1.24 bits per heavy atom. The minimum absolute atomic E-state index is 0.0322. The van der Waals surface area contributed by atoms with E-state index in [9.17, 15) is 4.79 Å². The number of nitrogens with one attached hydrogen (secondary N) is 1. The predicted molar refractivity (Wildman–Crippen MR) is 100 cm³/mol. The quantitative estimate of drug-likeness (QED) is 0.877. The molecular formula is C20H26N4O. The SMILES string of the molecule is CCN(C[C@H]1CCN(Cc2ccccc2)C1)C(=O)Nc1ccncc1. The van der Waals surface area contributed by atoms with Crippen LogP contribution in [0.1, 0.15) is 18.9 Å². The summed E-state index contributed by atoms with van der Waals surface area (Å²) in [5, 5.41) is 2.95. The van der Waals surface area contributed by atoms with Crippen LogP contribution in [0.25, 0.3) is 0 Å². The summed E-state index contributed by atoms with van der Waals surface area (Å²) in [6.07, 6.45) is 4.51. The highest BCUT2D eigenvalue weighted by molar-refractivity contribution is 5.89. The second-order valence-electron chi connectivity index (χ2n) is 6.58. The van der Waals surface area contributed by atoms with Gasteiger partial charge < -0.3 is 10.2 Å². The van der Waals surface area contributed by atoms with Gasteiger partial charge in [-0.1, -0.05) is 30.3 Å². The first-order valence-corrected chi connectivity index (χ1v) is 8.97. The lowest BCUT2D eigenvalue weighted by Gasteiger charge is -2.25. The summed E-state index contributed by atoms with van der Waals surface area (Å²) in [7, 11) is 0. The topological polar surface area (TPSA) is 48.5 Å². The zero-order valence-electron chi connectivity index (χ0n) is 14.8. The van der Waals surface area contributed by atoms with Crippen LogP contribution in [0.4, 0.5) is 10.5 Å². The molecule has 2 heterocycles. The number of aromatic nitrogens is 1. The van der Waals surface area contributed by atoms with E-state index >= 15 is 0 Å². The standard InChI is InChI=1S/C20H26N4O/c1-2-24(20(25)22-19-8-11-21-12-9-19)16-18-10-13-23(15-18)14-17-6-4-3-5-7-17/h3-9,11-12,18H,2,10,13-16H2,1H3,(H,21,22,25)/t18-/m0/s1. The molecule has 3 rings (SSSR count). The van der Waals surface area contributed by atoms with Crippen molar-refractivity contribution in [2.45, 2.75) is 19.9 Å². The average molecular weight is 338 g/mol. The van der Waals surface area contributed by atoms with Gasteiger partial charge in [-0.3, -0.25) is 9.88 Å². The van der Waals surface area contributed by atoms with Crippen LogP contribution in [-0.4, -0.2) is 47.0 Å². The molecule has 2 amide bonds. The number of carbonyl (C=O) groups excluding carboxylic acids is 1. The number of nitrogens with zero attached hydrogens (tertiary/aromatic N) is 3. The van der Waals surface area contributed by atoms with Crippen LogP contribution in [0, 0.1) is 5.92 Å². The molecule has 5 heteroatoms. The molecule has 0 spiro atoms. The first-order chi connectivity index (χ1) is 12.2. The number of anilines is 1. The lowest BCUT2D eigenvalue weighted by molar-refractivity contribution is 0.203. The minimum Gasteiger partial charge on any atom is -0.324 e. The number of amides is 2. The van der Waals surface area contributed by atoms with Gasteiger partial charge in [-0.05, 0) is 43.5 Å². The van der Waals surface area contributed by atoms with Gasteiger partial charge in [0.15, 0.2) is 0 Å². The van der Waals surface area contributed by atoms with Gasteiger partial charge in [-0.25, -0.2) is 4.79 Å². The zero-order chi connectivity index (χ0) is 17.5. The van der Waals surface area contributed by atoms with Crippen molar-refractivity contribution >= 4 is 11.7 Å². The Morgan fingerprint density at radius 2 is 2.00 bits per heavy atom. The van der Waals surface area contributed by atoms with Crippen LogP contribution in [0.3, 0.4) is 0 Å². The fourth-order valence-corrected chi connectivity index (χ4v) is 3.35. The van der Waals surface area contributed by atoms with Crippen molar-refractivity contribution in [2.75, 3.05) is 31.5 Å². The second-order valence-corrected chi connectivity index (χ2v) is 6.58. The van der Waals surface area contributed by atoms with Crippen molar-refractivity contribution < 1.29 is 4.79 Å². The molecule has 1 fully saturated rings. The molecule has 1 saturated heterocycles. The summed E-state index contributed by atoms with van der Waals surface area (Å²) in [6, 6.07) is 14.2. The van der Waals surface area contributed by atoms with Crippen LogP contribution in [0.15, 0.2) is 54.9 Å². The van der Waals surface area contributed by atoms with Crippen LogP contribution in [-0.2, 0) is 6.54 Å². The van der Waals surface area contributed by atoms with Crippen molar-refractivity contribution in [3.8, 4) is 0 Å². The van der Waals surface area contributed by atoms with Crippen LogP contribution < -0.4 is 5.32 Å². The molecule has 132 valence electrons. The molecule has 2 aromatic rings. The second kappa shape index (κ2) is 8.62. The van der Waals surface area contributed by atoms with Gasteiger partial charge in [-0.2, -0.15) is 0 Å². The van der Waals surface area contributed by atoms with Crippen LogP contribution >= 0.6 is 0 Å². The molecular weight excluding hydrogens is 312 g/mol. The molecule has 25 heavy (non-hydrogen) atoms. The largest absolute Gasteiger partial charge is 0.324 e. The molecule has 1 aromatic heterocycles. The maximum absolute atomic E-state index is 12.5. The highest BCUT2D eigenvalue weighted by atomic mass is 16.2. The number of hydrogen-bond donors (Lipinski definition) is 1. The first-order valence-electron chi connectivity index (χ1n) is 8.97. The smallest absolute Gasteiger partial charge is 0.321 e. The van der Waals surface area contributed by atoms with E-state index in [1.54, 1.807) is 12.4 Å². The summed E-state index contributed by atoms with van der Waals surface area (Å²) in [4.78, 5) is 20.8. The van der Waals surface area contributed by atoms with E-state index in [-0.39, 0.29) is 6.03 Å². The van der Waals surface area contributed by atoms with E-state index < -0.39 is 0 Å². The highest BCUT2D eigenvalue weighted by Gasteiger charge is 2.25. The summed E-state index contributed by atoms with van der Waals surface area (Å²) in [6.45, 7) is 6.69. The Hall–Kier alpha value is -2.40. The Labute approximate surface area is 149 Å². The lowest BCUT2D eigenvalue weighted by atomic mass is 10.1. The van der Waals surface area contributed by atoms with Crippen molar-refractivity contribution in [1.82, 2.24) is 14.8 Å². The molecule has 0 radical (unpaired) electrons. The number of hydrogen-bond acceptors (Lipinski definition) is 3. The molecule has 1 atom stereocenters. The van der Waals surface area contributed by atoms with E-state index in [0.717, 1.165) is 38.3 Å². The van der Waals surface area contributed by atoms with Gasteiger partial charge in [0.1, 0.15) is 0 Å².